The first-order valence-corrected chi connectivity index (χ1v) is 12.5. The van der Waals surface area contributed by atoms with Crippen LogP contribution in [0.2, 0.25) is 0 Å². The number of fused-ring (bicyclic) bond motifs is 3. The van der Waals surface area contributed by atoms with Crippen LogP contribution in [0.25, 0.3) is 11.3 Å². The molecule has 7 heteroatoms. The summed E-state index contributed by atoms with van der Waals surface area (Å²) in [6.07, 6.45) is 6.17. The number of nitrogens with one attached hydrogen (secondary N) is 1. The third-order valence-corrected chi connectivity index (χ3v) is 7.52. The Morgan fingerprint density at radius 3 is 2.66 bits per heavy atom. The Bertz CT molecular complexity index is 958. The van der Waals surface area contributed by atoms with Gasteiger partial charge in [-0.05, 0) is 74.1 Å². The summed E-state index contributed by atoms with van der Waals surface area (Å²) in [6, 6.07) is 6.77. The van der Waals surface area contributed by atoms with Crippen molar-refractivity contribution in [3.05, 3.63) is 28.6 Å². The van der Waals surface area contributed by atoms with Crippen LogP contribution in [0.1, 0.15) is 63.3 Å². The van der Waals surface area contributed by atoms with Gasteiger partial charge in [0.05, 0.1) is 12.8 Å². The molecule has 1 fully saturated rings. The van der Waals surface area contributed by atoms with Crippen molar-refractivity contribution in [2.75, 3.05) is 19.0 Å². The first-order valence-electron chi connectivity index (χ1n) is 11.7. The highest BCUT2D eigenvalue weighted by atomic mass is 32.1. The molecule has 6 nitrogen and oxygen atoms in total. The number of nitrogens with zero attached hydrogens (tertiary/aromatic N) is 2. The van der Waals surface area contributed by atoms with Gasteiger partial charge in [0.1, 0.15) is 5.75 Å². The number of amides is 1. The van der Waals surface area contributed by atoms with E-state index in [-0.39, 0.29) is 11.5 Å². The molecule has 2 aliphatic carbocycles. The lowest BCUT2D eigenvalue weighted by atomic mass is 9.88. The molecule has 0 saturated heterocycles. The normalized spacial score (nSPS) is 20.6. The van der Waals surface area contributed by atoms with Gasteiger partial charge in [-0.3, -0.25) is 0 Å². The SMILES string of the molecule is COc1ccc2c(c1)CCCc1sc(N[C@H]3CC[C@H](N(CC(C)(C)C)C(=O)O)CC3)nc1-2. The second-order valence-electron chi connectivity index (χ2n) is 10.3. The molecular weight excluding hydrogens is 422 g/mol. The summed E-state index contributed by atoms with van der Waals surface area (Å²) >= 11 is 1.78. The molecular formula is C25H35N3O3S. The zero-order chi connectivity index (χ0) is 22.9. The standard InChI is InChI=1S/C25H35N3O3S/c1-25(2,3)15-28(24(29)30)18-10-8-17(9-11-18)26-23-27-22-20-13-12-19(31-4)14-16(20)6-5-7-21(22)32-23/h12-14,17-18H,5-11,15H2,1-4H3,(H,26,27)(H,29,30)/t17-,18-. The third kappa shape index (κ3) is 5.20. The van der Waals surface area contributed by atoms with Gasteiger partial charge in [-0.25, -0.2) is 9.78 Å². The van der Waals surface area contributed by atoms with Crippen LogP contribution in [0.15, 0.2) is 18.2 Å². The maximum absolute atomic E-state index is 11.8. The van der Waals surface area contributed by atoms with E-state index in [1.807, 2.05) is 6.07 Å². The van der Waals surface area contributed by atoms with Crippen molar-refractivity contribution in [1.82, 2.24) is 9.88 Å². The van der Waals surface area contributed by atoms with Gasteiger partial charge in [0, 0.05) is 29.1 Å². The van der Waals surface area contributed by atoms with Crippen LogP contribution in [0.4, 0.5) is 9.93 Å². The lowest BCUT2D eigenvalue weighted by Gasteiger charge is -2.38. The second kappa shape index (κ2) is 9.30. The number of benzene rings is 1. The Morgan fingerprint density at radius 2 is 2.00 bits per heavy atom. The average Bonchev–Trinajstić information content (AvgIpc) is 3.06. The van der Waals surface area contributed by atoms with E-state index in [9.17, 15) is 9.90 Å². The number of ether oxygens (including phenoxy) is 1. The maximum Gasteiger partial charge on any atom is 0.407 e. The van der Waals surface area contributed by atoms with E-state index in [4.69, 9.17) is 9.72 Å². The van der Waals surface area contributed by atoms with E-state index in [0.717, 1.165) is 61.5 Å². The molecule has 2 aliphatic rings. The van der Waals surface area contributed by atoms with Crippen molar-refractivity contribution in [2.45, 2.75) is 77.8 Å². The smallest absolute Gasteiger partial charge is 0.407 e. The predicted molar refractivity (Wildman–Crippen MR) is 130 cm³/mol. The predicted octanol–water partition coefficient (Wildman–Crippen LogP) is 6.06. The van der Waals surface area contributed by atoms with Gasteiger partial charge in [0.25, 0.3) is 0 Å². The summed E-state index contributed by atoms with van der Waals surface area (Å²) in [5.74, 6) is 0.902. The highest BCUT2D eigenvalue weighted by molar-refractivity contribution is 7.16. The summed E-state index contributed by atoms with van der Waals surface area (Å²) in [6.45, 7) is 6.86. The van der Waals surface area contributed by atoms with Crippen molar-refractivity contribution in [1.29, 1.82) is 0 Å². The van der Waals surface area contributed by atoms with Crippen LogP contribution in [0.3, 0.4) is 0 Å². The Kier molecular flexibility index (Phi) is 6.65. The minimum atomic E-state index is -0.796. The van der Waals surface area contributed by atoms with Crippen LogP contribution < -0.4 is 10.1 Å². The number of hydrogen-bond donors (Lipinski definition) is 2. The van der Waals surface area contributed by atoms with Crippen molar-refractivity contribution in [2.24, 2.45) is 5.41 Å². The summed E-state index contributed by atoms with van der Waals surface area (Å²) < 4.78 is 5.41. The molecule has 174 valence electrons. The van der Waals surface area contributed by atoms with E-state index >= 15 is 0 Å². The summed E-state index contributed by atoms with van der Waals surface area (Å²) in [5.41, 5.74) is 3.62. The van der Waals surface area contributed by atoms with E-state index in [2.05, 4.69) is 38.2 Å². The number of thiazole rings is 1. The fourth-order valence-electron chi connectivity index (χ4n) is 4.94. The molecule has 1 aromatic heterocycles. The van der Waals surface area contributed by atoms with Gasteiger partial charge in [-0.15, -0.1) is 11.3 Å². The first-order chi connectivity index (χ1) is 15.2. The number of carboxylic acid groups (broad SMARTS) is 1. The molecule has 0 aliphatic heterocycles. The molecule has 4 rings (SSSR count). The molecule has 32 heavy (non-hydrogen) atoms. The Hall–Kier alpha value is -2.28. The van der Waals surface area contributed by atoms with Crippen LogP contribution in [-0.2, 0) is 12.8 Å². The largest absolute Gasteiger partial charge is 0.497 e. The molecule has 0 bridgehead atoms. The van der Waals surface area contributed by atoms with Gasteiger partial charge in [0.15, 0.2) is 5.13 Å². The molecule has 1 saturated carbocycles. The van der Waals surface area contributed by atoms with Gasteiger partial charge >= 0.3 is 6.09 Å². The molecule has 0 atom stereocenters. The van der Waals surface area contributed by atoms with Crippen molar-refractivity contribution in [3.63, 3.8) is 0 Å². The zero-order valence-corrected chi connectivity index (χ0v) is 20.4. The van der Waals surface area contributed by atoms with Gasteiger partial charge in [-0.1, -0.05) is 20.8 Å². The highest BCUT2D eigenvalue weighted by Gasteiger charge is 2.32. The van der Waals surface area contributed by atoms with E-state index in [0.29, 0.717) is 12.6 Å². The van der Waals surface area contributed by atoms with Crippen molar-refractivity contribution < 1.29 is 14.6 Å². The van der Waals surface area contributed by atoms with Crippen LogP contribution in [0.5, 0.6) is 5.75 Å². The molecule has 0 unspecified atom stereocenters. The number of aryl methyl sites for hydroxylation is 2. The first kappa shape index (κ1) is 22.9. The molecule has 0 spiro atoms. The number of aromatic nitrogens is 1. The second-order valence-corrected chi connectivity index (χ2v) is 11.4. The lowest BCUT2D eigenvalue weighted by Crippen LogP contribution is -2.46. The molecule has 2 N–H and O–H groups in total. The lowest BCUT2D eigenvalue weighted by molar-refractivity contribution is 0.0876. The number of rotatable bonds is 5. The Balaban J connectivity index is 1.42. The third-order valence-electron chi connectivity index (χ3n) is 6.47. The molecule has 1 heterocycles. The zero-order valence-electron chi connectivity index (χ0n) is 19.6. The topological polar surface area (TPSA) is 74.7 Å². The van der Waals surface area contributed by atoms with Crippen molar-refractivity contribution in [3.8, 4) is 17.0 Å². The number of hydrogen-bond acceptors (Lipinski definition) is 5. The molecule has 2 aromatic rings. The minimum absolute atomic E-state index is 0.0352. The van der Waals surface area contributed by atoms with Crippen molar-refractivity contribution >= 4 is 22.6 Å². The Morgan fingerprint density at radius 1 is 1.25 bits per heavy atom. The molecule has 1 amide bonds. The fourth-order valence-corrected chi connectivity index (χ4v) is 6.03. The number of methoxy groups -OCH3 is 1. The number of carbonyl (C=O) groups is 1. The highest BCUT2D eigenvalue weighted by Crippen LogP contribution is 2.39. The van der Waals surface area contributed by atoms with Gasteiger partial charge in [-0.2, -0.15) is 0 Å². The number of anilines is 1. The van der Waals surface area contributed by atoms with Crippen LogP contribution >= 0.6 is 11.3 Å². The summed E-state index contributed by atoms with van der Waals surface area (Å²) in [5, 5.41) is 14.4. The summed E-state index contributed by atoms with van der Waals surface area (Å²) in [4.78, 5) is 19.8. The maximum atomic E-state index is 11.8. The van der Waals surface area contributed by atoms with Crippen LogP contribution in [0, 0.1) is 5.41 Å². The Labute approximate surface area is 195 Å². The monoisotopic (exact) mass is 457 g/mol. The fraction of sp³-hybridized carbons (Fsp3) is 0.600. The summed E-state index contributed by atoms with van der Waals surface area (Å²) in [7, 11) is 1.71. The van der Waals surface area contributed by atoms with E-state index in [1.165, 1.54) is 16.0 Å². The van der Waals surface area contributed by atoms with Gasteiger partial charge in [0.2, 0.25) is 0 Å². The molecule has 1 aromatic carbocycles. The molecule has 0 radical (unpaired) electrons. The van der Waals surface area contributed by atoms with Gasteiger partial charge < -0.3 is 20.1 Å². The van der Waals surface area contributed by atoms with E-state index in [1.54, 1.807) is 23.3 Å². The van der Waals surface area contributed by atoms with Crippen LogP contribution in [-0.4, -0.2) is 46.8 Å². The van der Waals surface area contributed by atoms with E-state index < -0.39 is 6.09 Å². The quantitative estimate of drug-likeness (QED) is 0.571. The average molecular weight is 458 g/mol. The minimum Gasteiger partial charge on any atom is -0.497 e.